The number of nitrogen functional groups attached to an aromatic ring is 1. The SMILES string of the molecule is COC(=O)c1ccc(N)c(Sc2ccccc2F)n1. The zero-order chi connectivity index (χ0) is 13.8. The van der Waals surface area contributed by atoms with Crippen molar-refractivity contribution in [2.24, 2.45) is 0 Å². The number of aromatic nitrogens is 1. The zero-order valence-corrected chi connectivity index (χ0v) is 10.9. The van der Waals surface area contributed by atoms with Gasteiger partial charge in [-0.15, -0.1) is 0 Å². The summed E-state index contributed by atoms with van der Waals surface area (Å²) >= 11 is 1.06. The Morgan fingerprint density at radius 1 is 1.32 bits per heavy atom. The van der Waals surface area contributed by atoms with Crippen molar-refractivity contribution in [3.8, 4) is 0 Å². The van der Waals surface area contributed by atoms with Gasteiger partial charge in [-0.25, -0.2) is 14.2 Å². The maximum Gasteiger partial charge on any atom is 0.356 e. The highest BCUT2D eigenvalue weighted by Gasteiger charge is 2.12. The van der Waals surface area contributed by atoms with Crippen molar-refractivity contribution in [2.45, 2.75) is 9.92 Å². The van der Waals surface area contributed by atoms with Crippen LogP contribution in [0.5, 0.6) is 0 Å². The Balaban J connectivity index is 2.34. The van der Waals surface area contributed by atoms with Crippen LogP contribution < -0.4 is 5.73 Å². The first-order valence-corrected chi connectivity index (χ1v) is 6.20. The van der Waals surface area contributed by atoms with Gasteiger partial charge in [-0.2, -0.15) is 0 Å². The molecule has 2 N–H and O–H groups in total. The number of hydrogen-bond acceptors (Lipinski definition) is 5. The first-order valence-electron chi connectivity index (χ1n) is 5.39. The van der Waals surface area contributed by atoms with Crippen LogP contribution >= 0.6 is 11.8 Å². The van der Waals surface area contributed by atoms with Crippen molar-refractivity contribution in [2.75, 3.05) is 12.8 Å². The summed E-state index contributed by atoms with van der Waals surface area (Å²) in [6, 6.07) is 9.29. The molecule has 0 unspecified atom stereocenters. The maximum absolute atomic E-state index is 13.6. The van der Waals surface area contributed by atoms with Crippen molar-refractivity contribution >= 4 is 23.4 Å². The van der Waals surface area contributed by atoms with Crippen molar-refractivity contribution in [3.05, 3.63) is 47.9 Å². The van der Waals surface area contributed by atoms with E-state index in [9.17, 15) is 9.18 Å². The van der Waals surface area contributed by atoms with Crippen molar-refractivity contribution in [3.63, 3.8) is 0 Å². The molecule has 6 heteroatoms. The highest BCUT2D eigenvalue weighted by atomic mass is 32.2. The van der Waals surface area contributed by atoms with Gasteiger partial charge in [-0.1, -0.05) is 23.9 Å². The van der Waals surface area contributed by atoms with Crippen LogP contribution in [-0.2, 0) is 4.74 Å². The summed E-state index contributed by atoms with van der Waals surface area (Å²) in [5, 5.41) is 0.369. The molecular weight excluding hydrogens is 267 g/mol. The Morgan fingerprint density at radius 2 is 2.05 bits per heavy atom. The average Bonchev–Trinajstić information content (AvgIpc) is 2.42. The fourth-order valence-electron chi connectivity index (χ4n) is 1.38. The third-order valence-corrected chi connectivity index (χ3v) is 3.40. The largest absolute Gasteiger partial charge is 0.464 e. The summed E-state index contributed by atoms with van der Waals surface area (Å²) in [5.74, 6) is -0.924. The molecule has 0 atom stereocenters. The Morgan fingerprint density at radius 3 is 2.74 bits per heavy atom. The van der Waals surface area contributed by atoms with Gasteiger partial charge in [-0.3, -0.25) is 0 Å². The molecule has 0 fully saturated rings. The van der Waals surface area contributed by atoms with Gasteiger partial charge in [0.05, 0.1) is 12.8 Å². The summed E-state index contributed by atoms with van der Waals surface area (Å²) in [5.41, 5.74) is 6.28. The van der Waals surface area contributed by atoms with E-state index in [4.69, 9.17) is 5.73 Å². The molecule has 2 rings (SSSR count). The van der Waals surface area contributed by atoms with Gasteiger partial charge in [0.25, 0.3) is 0 Å². The summed E-state index contributed by atoms with van der Waals surface area (Å²) < 4.78 is 18.1. The monoisotopic (exact) mass is 278 g/mol. The van der Waals surface area contributed by atoms with Gasteiger partial charge in [0.15, 0.2) is 0 Å². The minimum atomic E-state index is -0.560. The number of esters is 1. The van der Waals surface area contributed by atoms with E-state index in [1.165, 1.54) is 19.2 Å². The Hall–Kier alpha value is -2.08. The number of pyridine rings is 1. The molecule has 1 heterocycles. The Labute approximate surface area is 113 Å². The molecule has 0 saturated carbocycles. The van der Waals surface area contributed by atoms with Gasteiger partial charge in [0.1, 0.15) is 16.5 Å². The molecule has 0 aliphatic carbocycles. The maximum atomic E-state index is 13.6. The number of carbonyl (C=O) groups excluding carboxylic acids is 1. The molecule has 0 bridgehead atoms. The Bertz CT molecular complexity index is 619. The second-order valence-electron chi connectivity index (χ2n) is 3.61. The van der Waals surface area contributed by atoms with Crippen LogP contribution in [0.2, 0.25) is 0 Å². The highest BCUT2D eigenvalue weighted by Crippen LogP contribution is 2.32. The number of hydrogen-bond donors (Lipinski definition) is 1. The number of methoxy groups -OCH3 is 1. The van der Waals surface area contributed by atoms with Crippen LogP contribution in [0.1, 0.15) is 10.5 Å². The second-order valence-corrected chi connectivity index (χ2v) is 4.65. The van der Waals surface area contributed by atoms with E-state index in [-0.39, 0.29) is 11.5 Å². The lowest BCUT2D eigenvalue weighted by molar-refractivity contribution is 0.0593. The van der Waals surface area contributed by atoms with Crippen LogP contribution in [0.4, 0.5) is 10.1 Å². The van der Waals surface area contributed by atoms with E-state index < -0.39 is 5.97 Å². The standard InChI is InChI=1S/C13H11FN2O2S/c1-18-13(17)10-7-6-9(15)12(16-10)19-11-5-3-2-4-8(11)14/h2-7H,15H2,1H3. The van der Waals surface area contributed by atoms with E-state index in [1.807, 2.05) is 0 Å². The average molecular weight is 278 g/mol. The molecule has 19 heavy (non-hydrogen) atoms. The number of nitrogens with two attached hydrogens (primary N) is 1. The Kier molecular flexibility index (Phi) is 4.01. The third-order valence-electron chi connectivity index (χ3n) is 2.33. The molecule has 0 amide bonds. The van der Waals surface area contributed by atoms with E-state index in [2.05, 4.69) is 9.72 Å². The summed E-state index contributed by atoms with van der Waals surface area (Å²) in [7, 11) is 1.27. The quantitative estimate of drug-likeness (QED) is 0.874. The fraction of sp³-hybridized carbons (Fsp3) is 0.0769. The van der Waals surface area contributed by atoms with Gasteiger partial charge in [0, 0.05) is 4.90 Å². The molecule has 0 spiro atoms. The van der Waals surface area contributed by atoms with Crippen molar-refractivity contribution in [1.82, 2.24) is 4.98 Å². The molecular formula is C13H11FN2O2S. The van der Waals surface area contributed by atoms with Crippen LogP contribution in [-0.4, -0.2) is 18.1 Å². The van der Waals surface area contributed by atoms with E-state index in [0.29, 0.717) is 15.6 Å². The normalized spacial score (nSPS) is 10.2. The number of carbonyl (C=O) groups is 1. The first-order chi connectivity index (χ1) is 9.11. The third kappa shape index (κ3) is 3.03. The first kappa shape index (κ1) is 13.4. The van der Waals surface area contributed by atoms with E-state index in [1.54, 1.807) is 24.3 Å². The lowest BCUT2D eigenvalue weighted by Gasteiger charge is -2.07. The summed E-state index contributed by atoms with van der Waals surface area (Å²) in [6.07, 6.45) is 0. The number of rotatable bonds is 3. The molecule has 2 aromatic rings. The lowest BCUT2D eigenvalue weighted by atomic mass is 10.3. The minimum absolute atomic E-state index is 0.135. The minimum Gasteiger partial charge on any atom is -0.464 e. The van der Waals surface area contributed by atoms with Gasteiger partial charge in [0.2, 0.25) is 0 Å². The molecule has 0 aliphatic rings. The van der Waals surface area contributed by atoms with E-state index in [0.717, 1.165) is 11.8 Å². The van der Waals surface area contributed by atoms with Gasteiger partial charge in [-0.05, 0) is 24.3 Å². The van der Waals surface area contributed by atoms with Gasteiger partial charge < -0.3 is 10.5 Å². The molecule has 0 saturated heterocycles. The molecule has 98 valence electrons. The summed E-state index contributed by atoms with van der Waals surface area (Å²) in [6.45, 7) is 0. The lowest BCUT2D eigenvalue weighted by Crippen LogP contribution is -2.06. The number of benzene rings is 1. The smallest absolute Gasteiger partial charge is 0.356 e. The molecule has 4 nitrogen and oxygen atoms in total. The highest BCUT2D eigenvalue weighted by molar-refractivity contribution is 7.99. The summed E-state index contributed by atoms with van der Waals surface area (Å²) in [4.78, 5) is 15.9. The van der Waals surface area contributed by atoms with Crippen LogP contribution in [0, 0.1) is 5.82 Å². The predicted octanol–water partition coefficient (Wildman–Crippen LogP) is 2.74. The van der Waals surface area contributed by atoms with E-state index >= 15 is 0 Å². The van der Waals surface area contributed by atoms with Crippen LogP contribution in [0.3, 0.4) is 0 Å². The second kappa shape index (κ2) is 5.71. The molecule has 0 radical (unpaired) electrons. The number of nitrogens with zero attached hydrogens (tertiary/aromatic N) is 1. The van der Waals surface area contributed by atoms with Gasteiger partial charge >= 0.3 is 5.97 Å². The molecule has 1 aromatic carbocycles. The van der Waals surface area contributed by atoms with Crippen molar-refractivity contribution < 1.29 is 13.9 Å². The fourth-order valence-corrected chi connectivity index (χ4v) is 2.23. The van der Waals surface area contributed by atoms with Crippen LogP contribution in [0.25, 0.3) is 0 Å². The number of anilines is 1. The molecule has 0 aliphatic heterocycles. The number of halogens is 1. The predicted molar refractivity (Wildman–Crippen MR) is 70.5 cm³/mol. The zero-order valence-electron chi connectivity index (χ0n) is 10.1. The van der Waals surface area contributed by atoms with Crippen molar-refractivity contribution in [1.29, 1.82) is 0 Å². The number of ether oxygens (including phenoxy) is 1. The van der Waals surface area contributed by atoms with Crippen LogP contribution in [0.15, 0.2) is 46.3 Å². The molecule has 1 aromatic heterocycles. The topological polar surface area (TPSA) is 65.2 Å².